The van der Waals surface area contributed by atoms with Gasteiger partial charge in [0, 0.05) is 54.8 Å². The Morgan fingerprint density at radius 2 is 2.21 bits per heavy atom. The minimum Gasteiger partial charge on any atom is -0.387 e. The average molecular weight is 380 g/mol. The van der Waals surface area contributed by atoms with Crippen molar-refractivity contribution in [3.63, 3.8) is 0 Å². The van der Waals surface area contributed by atoms with Gasteiger partial charge >= 0.3 is 0 Å². The highest BCUT2D eigenvalue weighted by Crippen LogP contribution is 2.31. The van der Waals surface area contributed by atoms with Crippen LogP contribution in [0.2, 0.25) is 0 Å². The second kappa shape index (κ2) is 11.2. The zero-order chi connectivity index (χ0) is 20.4. The second-order valence-electron chi connectivity index (χ2n) is 7.35. The van der Waals surface area contributed by atoms with Crippen molar-refractivity contribution in [3.8, 4) is 12.3 Å². The Labute approximate surface area is 170 Å². The van der Waals surface area contributed by atoms with Gasteiger partial charge in [-0.15, -0.1) is 12.3 Å². The molecule has 4 heteroatoms. The summed E-state index contributed by atoms with van der Waals surface area (Å²) in [6.45, 7) is 10.4. The van der Waals surface area contributed by atoms with Gasteiger partial charge in [-0.25, -0.2) is 0 Å². The molecule has 1 aliphatic heterocycles. The number of carbonyl (C=O) groups is 1. The highest BCUT2D eigenvalue weighted by molar-refractivity contribution is 5.90. The first-order valence-corrected chi connectivity index (χ1v) is 10.2. The summed E-state index contributed by atoms with van der Waals surface area (Å²) in [5.74, 6) is 2.68. The SMILES string of the molecule is C#CCCCCCNc1cccc(C=O)c1C(=C)N(C)C1CCCCNC1=C. The molecule has 0 spiro atoms. The summed E-state index contributed by atoms with van der Waals surface area (Å²) < 4.78 is 0. The van der Waals surface area contributed by atoms with Gasteiger partial charge in [-0.1, -0.05) is 31.7 Å². The molecule has 0 bridgehead atoms. The fourth-order valence-corrected chi connectivity index (χ4v) is 3.69. The van der Waals surface area contributed by atoms with Crippen LogP contribution in [0.5, 0.6) is 0 Å². The smallest absolute Gasteiger partial charge is 0.150 e. The summed E-state index contributed by atoms with van der Waals surface area (Å²) in [5.41, 5.74) is 4.34. The Hall–Kier alpha value is -2.67. The normalized spacial score (nSPS) is 16.4. The third-order valence-corrected chi connectivity index (χ3v) is 5.38. The van der Waals surface area contributed by atoms with Gasteiger partial charge in [-0.05, 0) is 38.2 Å². The van der Waals surface area contributed by atoms with Crippen molar-refractivity contribution in [2.75, 3.05) is 25.5 Å². The molecule has 150 valence electrons. The molecule has 0 aliphatic carbocycles. The van der Waals surface area contributed by atoms with Gasteiger partial charge < -0.3 is 15.5 Å². The summed E-state index contributed by atoms with van der Waals surface area (Å²) in [7, 11) is 2.04. The van der Waals surface area contributed by atoms with Crippen LogP contribution in [0.25, 0.3) is 5.70 Å². The van der Waals surface area contributed by atoms with Crippen LogP contribution in [0, 0.1) is 12.3 Å². The lowest BCUT2D eigenvalue weighted by molar-refractivity contribution is 0.112. The molecule has 1 atom stereocenters. The molecule has 1 fully saturated rings. The van der Waals surface area contributed by atoms with Crippen molar-refractivity contribution in [1.82, 2.24) is 10.2 Å². The maximum Gasteiger partial charge on any atom is 0.150 e. The minimum absolute atomic E-state index is 0.173. The minimum atomic E-state index is 0.173. The van der Waals surface area contributed by atoms with Crippen molar-refractivity contribution in [2.24, 2.45) is 0 Å². The van der Waals surface area contributed by atoms with Crippen molar-refractivity contribution in [2.45, 2.75) is 51.0 Å². The van der Waals surface area contributed by atoms with E-state index in [1.54, 1.807) is 0 Å². The summed E-state index contributed by atoms with van der Waals surface area (Å²) >= 11 is 0. The van der Waals surface area contributed by atoms with E-state index in [9.17, 15) is 4.79 Å². The zero-order valence-corrected chi connectivity index (χ0v) is 17.1. The molecular formula is C24H33N3O. The highest BCUT2D eigenvalue weighted by Gasteiger charge is 2.24. The van der Waals surface area contributed by atoms with Crippen LogP contribution in [0.15, 0.2) is 37.1 Å². The quantitative estimate of drug-likeness (QED) is 0.352. The lowest BCUT2D eigenvalue weighted by Crippen LogP contribution is -2.35. The van der Waals surface area contributed by atoms with Gasteiger partial charge in [-0.2, -0.15) is 0 Å². The molecule has 1 unspecified atom stereocenters. The molecule has 28 heavy (non-hydrogen) atoms. The average Bonchev–Trinajstić information content (AvgIpc) is 2.93. The van der Waals surface area contributed by atoms with E-state index < -0.39 is 0 Å². The molecular weight excluding hydrogens is 346 g/mol. The number of hydrogen-bond acceptors (Lipinski definition) is 4. The molecule has 0 saturated carbocycles. The van der Waals surface area contributed by atoms with E-state index >= 15 is 0 Å². The monoisotopic (exact) mass is 379 g/mol. The Morgan fingerprint density at radius 1 is 1.39 bits per heavy atom. The molecule has 0 amide bonds. The maximum absolute atomic E-state index is 11.7. The Bertz CT molecular complexity index is 732. The van der Waals surface area contributed by atoms with Gasteiger partial charge in [0.15, 0.2) is 6.29 Å². The predicted molar refractivity (Wildman–Crippen MR) is 119 cm³/mol. The fraction of sp³-hybridized carbons (Fsp3) is 0.458. The van der Waals surface area contributed by atoms with Crippen molar-refractivity contribution in [1.29, 1.82) is 0 Å². The fourth-order valence-electron chi connectivity index (χ4n) is 3.69. The van der Waals surface area contributed by atoms with E-state index in [0.29, 0.717) is 5.56 Å². The molecule has 1 saturated heterocycles. The molecule has 1 aliphatic rings. The maximum atomic E-state index is 11.7. The first-order valence-electron chi connectivity index (χ1n) is 10.2. The van der Waals surface area contributed by atoms with Crippen molar-refractivity contribution in [3.05, 3.63) is 48.2 Å². The lowest BCUT2D eigenvalue weighted by atomic mass is 10.00. The standard InChI is InChI=1S/C24H33N3O/c1-5-6-7-8-10-17-26-22-14-12-13-21(18-28)24(22)20(3)27(4)23-15-9-11-16-25-19(23)2/h1,12-14,18,23,25-26H,2-3,6-11,15-17H2,4H3. The third-order valence-electron chi connectivity index (χ3n) is 5.38. The van der Waals surface area contributed by atoms with Gasteiger partial charge in [0.2, 0.25) is 0 Å². The highest BCUT2D eigenvalue weighted by atomic mass is 16.1. The first kappa shape index (κ1) is 21.6. The molecule has 0 aromatic heterocycles. The molecule has 1 aromatic rings. The Kier molecular flexibility index (Phi) is 8.68. The Morgan fingerprint density at radius 3 is 2.96 bits per heavy atom. The third kappa shape index (κ3) is 5.66. The van der Waals surface area contributed by atoms with E-state index in [2.05, 4.69) is 34.6 Å². The Balaban J connectivity index is 2.15. The van der Waals surface area contributed by atoms with E-state index in [0.717, 1.165) is 87.0 Å². The number of hydrogen-bond donors (Lipinski definition) is 2. The number of anilines is 1. The number of aldehydes is 1. The molecule has 2 rings (SSSR count). The summed E-state index contributed by atoms with van der Waals surface area (Å²) in [6.07, 6.45) is 13.5. The second-order valence-corrected chi connectivity index (χ2v) is 7.35. The van der Waals surface area contributed by atoms with Crippen LogP contribution in [0.3, 0.4) is 0 Å². The van der Waals surface area contributed by atoms with Crippen LogP contribution >= 0.6 is 0 Å². The number of benzene rings is 1. The van der Waals surface area contributed by atoms with Gasteiger partial charge in [0.05, 0.1) is 6.04 Å². The first-order chi connectivity index (χ1) is 13.6. The number of unbranched alkanes of at least 4 members (excludes halogenated alkanes) is 3. The van der Waals surface area contributed by atoms with Crippen LogP contribution in [-0.2, 0) is 0 Å². The number of likely N-dealkylation sites (N-methyl/N-ethyl adjacent to an activating group) is 1. The summed E-state index contributed by atoms with van der Waals surface area (Å²) in [5, 5.41) is 6.90. The number of terminal acetylenes is 1. The number of nitrogens with one attached hydrogen (secondary N) is 2. The van der Waals surface area contributed by atoms with Crippen LogP contribution in [0.4, 0.5) is 5.69 Å². The molecule has 4 nitrogen and oxygen atoms in total. The van der Waals surface area contributed by atoms with Crippen LogP contribution in [0.1, 0.15) is 60.9 Å². The lowest BCUT2D eigenvalue weighted by Gasteiger charge is -2.33. The van der Waals surface area contributed by atoms with Crippen molar-refractivity contribution >= 4 is 17.7 Å². The number of rotatable bonds is 10. The van der Waals surface area contributed by atoms with Crippen LogP contribution < -0.4 is 10.6 Å². The summed E-state index contributed by atoms with van der Waals surface area (Å²) in [6, 6.07) is 5.95. The molecule has 0 radical (unpaired) electrons. The van der Waals surface area contributed by atoms with Gasteiger partial charge in [0.1, 0.15) is 0 Å². The number of nitrogens with zero attached hydrogens (tertiary/aromatic N) is 1. The predicted octanol–water partition coefficient (Wildman–Crippen LogP) is 4.66. The number of carbonyl (C=O) groups excluding carboxylic acids is 1. The van der Waals surface area contributed by atoms with E-state index in [-0.39, 0.29) is 6.04 Å². The summed E-state index contributed by atoms with van der Waals surface area (Å²) in [4.78, 5) is 13.9. The van der Waals surface area contributed by atoms with Gasteiger partial charge in [0.25, 0.3) is 0 Å². The van der Waals surface area contributed by atoms with Crippen molar-refractivity contribution < 1.29 is 4.79 Å². The molecule has 2 N–H and O–H groups in total. The van der Waals surface area contributed by atoms with Crippen LogP contribution in [-0.4, -0.2) is 37.4 Å². The van der Waals surface area contributed by atoms with E-state index in [1.807, 2.05) is 25.2 Å². The largest absolute Gasteiger partial charge is 0.387 e. The molecule has 1 heterocycles. The van der Waals surface area contributed by atoms with E-state index in [1.165, 1.54) is 0 Å². The van der Waals surface area contributed by atoms with E-state index in [4.69, 9.17) is 6.42 Å². The molecule has 1 aromatic carbocycles. The zero-order valence-electron chi connectivity index (χ0n) is 17.1. The topological polar surface area (TPSA) is 44.4 Å². The van der Waals surface area contributed by atoms with Gasteiger partial charge in [-0.3, -0.25) is 4.79 Å².